The Morgan fingerprint density at radius 1 is 1.13 bits per heavy atom. The Balaban J connectivity index is 2.00. The van der Waals surface area contributed by atoms with Crippen LogP contribution in [0.25, 0.3) is 0 Å². The zero-order valence-corrected chi connectivity index (χ0v) is 13.2. The van der Waals surface area contributed by atoms with Gasteiger partial charge in [0.15, 0.2) is 0 Å². The van der Waals surface area contributed by atoms with E-state index >= 15 is 0 Å². The zero-order chi connectivity index (χ0) is 17.0. The molecule has 0 atom stereocenters. The normalized spacial score (nSPS) is 15.1. The van der Waals surface area contributed by atoms with Crippen LogP contribution in [0.15, 0.2) is 24.3 Å². The molecular formula is C16H20N2O5. The van der Waals surface area contributed by atoms with Crippen molar-refractivity contribution in [2.45, 2.75) is 18.9 Å². The van der Waals surface area contributed by atoms with Crippen LogP contribution in [0.2, 0.25) is 0 Å². The number of ether oxygens (including phenoxy) is 1. The minimum atomic E-state index is -0.921. The van der Waals surface area contributed by atoms with Gasteiger partial charge in [-0.1, -0.05) is 0 Å². The number of carboxylic acid groups (broad SMARTS) is 1. The van der Waals surface area contributed by atoms with E-state index in [-0.39, 0.29) is 11.9 Å². The minimum absolute atomic E-state index is 0.0124. The van der Waals surface area contributed by atoms with E-state index in [1.165, 1.54) is 12.0 Å². The molecule has 1 saturated heterocycles. The topological polar surface area (TPSA) is 87.2 Å². The van der Waals surface area contributed by atoms with Crippen LogP contribution in [0, 0.1) is 0 Å². The van der Waals surface area contributed by atoms with Crippen LogP contribution in [0.5, 0.6) is 0 Å². The summed E-state index contributed by atoms with van der Waals surface area (Å²) >= 11 is 0. The van der Waals surface area contributed by atoms with Gasteiger partial charge in [0.05, 0.1) is 12.7 Å². The lowest BCUT2D eigenvalue weighted by molar-refractivity contribution is 0.0596. The first kappa shape index (κ1) is 16.8. The van der Waals surface area contributed by atoms with Gasteiger partial charge in [-0.2, -0.15) is 0 Å². The van der Waals surface area contributed by atoms with Gasteiger partial charge in [0.2, 0.25) is 0 Å². The van der Waals surface area contributed by atoms with Crippen LogP contribution in [-0.4, -0.2) is 66.2 Å². The second-order valence-corrected chi connectivity index (χ2v) is 5.49. The average molecular weight is 320 g/mol. The van der Waals surface area contributed by atoms with Gasteiger partial charge in [-0.05, 0) is 37.1 Å². The minimum Gasteiger partial charge on any atom is -0.465 e. The summed E-state index contributed by atoms with van der Waals surface area (Å²) in [5, 5.41) is 8.95. The first-order valence-corrected chi connectivity index (χ1v) is 7.37. The first-order chi connectivity index (χ1) is 10.9. The van der Waals surface area contributed by atoms with E-state index in [1.54, 1.807) is 36.2 Å². The van der Waals surface area contributed by atoms with Crippen molar-refractivity contribution in [2.75, 3.05) is 27.2 Å². The number of rotatable bonds is 3. The Hall–Kier alpha value is -2.57. The second kappa shape index (κ2) is 7.13. The van der Waals surface area contributed by atoms with Gasteiger partial charge >= 0.3 is 12.1 Å². The maximum absolute atomic E-state index is 12.5. The highest BCUT2D eigenvalue weighted by Crippen LogP contribution is 2.18. The summed E-state index contributed by atoms with van der Waals surface area (Å²) in [7, 11) is 3.02. The summed E-state index contributed by atoms with van der Waals surface area (Å²) in [6.07, 6.45) is 0.319. The average Bonchev–Trinajstić information content (AvgIpc) is 2.60. The third-order valence-electron chi connectivity index (χ3n) is 4.16. The zero-order valence-electron chi connectivity index (χ0n) is 13.2. The van der Waals surface area contributed by atoms with Crippen molar-refractivity contribution in [3.63, 3.8) is 0 Å². The number of amides is 2. The predicted octanol–water partition coefficient (Wildman–Crippen LogP) is 1.69. The van der Waals surface area contributed by atoms with Crippen molar-refractivity contribution in [3.8, 4) is 0 Å². The predicted molar refractivity (Wildman–Crippen MR) is 82.5 cm³/mol. The van der Waals surface area contributed by atoms with Crippen molar-refractivity contribution in [2.24, 2.45) is 0 Å². The van der Waals surface area contributed by atoms with Gasteiger partial charge in [-0.3, -0.25) is 4.79 Å². The summed E-state index contributed by atoms with van der Waals surface area (Å²) in [6.45, 7) is 0.859. The van der Waals surface area contributed by atoms with E-state index in [0.29, 0.717) is 37.1 Å². The summed E-state index contributed by atoms with van der Waals surface area (Å²) < 4.78 is 4.62. The van der Waals surface area contributed by atoms with Crippen molar-refractivity contribution >= 4 is 18.0 Å². The lowest BCUT2D eigenvalue weighted by Gasteiger charge is -2.35. The number of esters is 1. The van der Waals surface area contributed by atoms with Crippen molar-refractivity contribution in [1.29, 1.82) is 0 Å². The van der Waals surface area contributed by atoms with E-state index in [1.807, 2.05) is 0 Å². The molecule has 1 N–H and O–H groups in total. The largest absolute Gasteiger partial charge is 0.465 e. The van der Waals surface area contributed by atoms with E-state index in [9.17, 15) is 14.4 Å². The highest BCUT2D eigenvalue weighted by molar-refractivity contribution is 5.96. The number of nitrogens with zero attached hydrogens (tertiary/aromatic N) is 2. The van der Waals surface area contributed by atoms with Gasteiger partial charge in [0, 0.05) is 31.7 Å². The number of carbonyl (C=O) groups excluding carboxylic acids is 2. The lowest BCUT2D eigenvalue weighted by Crippen LogP contribution is -2.46. The number of hydrogen-bond donors (Lipinski definition) is 1. The third-order valence-corrected chi connectivity index (χ3v) is 4.16. The Morgan fingerprint density at radius 3 is 2.13 bits per heavy atom. The number of benzene rings is 1. The summed E-state index contributed by atoms with van der Waals surface area (Å²) in [5.41, 5.74) is 0.877. The van der Waals surface area contributed by atoms with Gasteiger partial charge < -0.3 is 19.6 Å². The quantitative estimate of drug-likeness (QED) is 0.856. The number of hydrogen-bond acceptors (Lipinski definition) is 4. The van der Waals surface area contributed by atoms with Crippen LogP contribution < -0.4 is 0 Å². The van der Waals surface area contributed by atoms with Crippen LogP contribution in [0.4, 0.5) is 4.79 Å². The number of carbonyl (C=O) groups is 3. The maximum atomic E-state index is 12.5. The van der Waals surface area contributed by atoms with Gasteiger partial charge in [0.1, 0.15) is 0 Å². The molecule has 0 aliphatic carbocycles. The fraction of sp³-hybridized carbons (Fsp3) is 0.438. The molecule has 124 valence electrons. The van der Waals surface area contributed by atoms with E-state index in [2.05, 4.69) is 4.74 Å². The summed E-state index contributed by atoms with van der Waals surface area (Å²) in [5.74, 6) is -0.589. The van der Waals surface area contributed by atoms with E-state index in [0.717, 1.165) is 0 Å². The molecule has 0 aromatic heterocycles. The van der Waals surface area contributed by atoms with E-state index in [4.69, 9.17) is 5.11 Å². The van der Waals surface area contributed by atoms with E-state index < -0.39 is 12.1 Å². The fourth-order valence-corrected chi connectivity index (χ4v) is 2.68. The molecule has 7 nitrogen and oxygen atoms in total. The summed E-state index contributed by atoms with van der Waals surface area (Å²) in [4.78, 5) is 37.8. The van der Waals surface area contributed by atoms with Gasteiger partial charge in [-0.25, -0.2) is 9.59 Å². The Bertz CT molecular complexity index is 591. The molecule has 1 fully saturated rings. The van der Waals surface area contributed by atoms with Crippen LogP contribution in [0.1, 0.15) is 33.6 Å². The number of piperidine rings is 1. The van der Waals surface area contributed by atoms with Crippen LogP contribution in [-0.2, 0) is 4.74 Å². The highest BCUT2D eigenvalue weighted by atomic mass is 16.5. The molecule has 0 saturated carbocycles. The second-order valence-electron chi connectivity index (χ2n) is 5.49. The fourth-order valence-electron chi connectivity index (χ4n) is 2.68. The Morgan fingerprint density at radius 2 is 1.65 bits per heavy atom. The van der Waals surface area contributed by atoms with Gasteiger partial charge in [-0.15, -0.1) is 0 Å². The van der Waals surface area contributed by atoms with Crippen LogP contribution >= 0.6 is 0 Å². The molecule has 0 radical (unpaired) electrons. The molecular weight excluding hydrogens is 300 g/mol. The first-order valence-electron chi connectivity index (χ1n) is 7.37. The standard InChI is InChI=1S/C16H20N2O5/c1-17(13-7-9-18(10-8-13)16(21)22)14(19)11-3-5-12(6-4-11)15(20)23-2/h3-6,13H,7-10H2,1-2H3,(H,21,22). The molecule has 2 rings (SSSR count). The van der Waals surface area contributed by atoms with Crippen molar-refractivity contribution in [3.05, 3.63) is 35.4 Å². The molecule has 1 aliphatic rings. The number of likely N-dealkylation sites (tertiary alicyclic amines) is 1. The highest BCUT2D eigenvalue weighted by Gasteiger charge is 2.27. The molecule has 0 bridgehead atoms. The maximum Gasteiger partial charge on any atom is 0.407 e. The lowest BCUT2D eigenvalue weighted by atomic mass is 10.0. The molecule has 1 aliphatic heterocycles. The SMILES string of the molecule is COC(=O)c1ccc(C(=O)N(C)C2CCN(C(=O)O)CC2)cc1. The van der Waals surface area contributed by atoms with Gasteiger partial charge in [0.25, 0.3) is 5.91 Å². The Labute approximate surface area is 134 Å². The van der Waals surface area contributed by atoms with Crippen LogP contribution in [0.3, 0.4) is 0 Å². The monoisotopic (exact) mass is 320 g/mol. The van der Waals surface area contributed by atoms with Crippen molar-refractivity contribution < 1.29 is 24.2 Å². The Kier molecular flexibility index (Phi) is 5.20. The molecule has 1 heterocycles. The molecule has 23 heavy (non-hydrogen) atoms. The third kappa shape index (κ3) is 3.80. The summed E-state index contributed by atoms with van der Waals surface area (Å²) in [6, 6.07) is 6.31. The molecule has 0 unspecified atom stereocenters. The molecule has 0 spiro atoms. The smallest absolute Gasteiger partial charge is 0.407 e. The molecule has 7 heteroatoms. The molecule has 2 amide bonds. The molecule has 1 aromatic rings. The molecule has 1 aromatic carbocycles. The van der Waals surface area contributed by atoms with Crippen molar-refractivity contribution in [1.82, 2.24) is 9.80 Å². The number of methoxy groups -OCH3 is 1.